The molecule has 7 heteroatoms. The lowest BCUT2D eigenvalue weighted by Gasteiger charge is -2.35. The summed E-state index contributed by atoms with van der Waals surface area (Å²) in [7, 11) is 0. The van der Waals surface area contributed by atoms with Crippen LogP contribution in [0.25, 0.3) is 5.69 Å². The molecule has 0 radical (unpaired) electrons. The summed E-state index contributed by atoms with van der Waals surface area (Å²) >= 11 is 0. The van der Waals surface area contributed by atoms with E-state index in [9.17, 15) is 4.79 Å². The van der Waals surface area contributed by atoms with E-state index >= 15 is 0 Å². The highest BCUT2D eigenvalue weighted by molar-refractivity contribution is 5.94. The van der Waals surface area contributed by atoms with E-state index in [-0.39, 0.29) is 24.4 Å². The molecule has 2 heterocycles. The van der Waals surface area contributed by atoms with Crippen molar-refractivity contribution in [3.63, 3.8) is 0 Å². The molecule has 1 amide bonds. The second-order valence-corrected chi connectivity index (χ2v) is 5.27. The van der Waals surface area contributed by atoms with Crippen molar-refractivity contribution in [2.45, 2.75) is 25.3 Å². The number of carbonyl (C=O) groups is 1. The highest BCUT2D eigenvalue weighted by Gasteiger charge is 2.26. The van der Waals surface area contributed by atoms with Gasteiger partial charge in [0.25, 0.3) is 5.91 Å². The Bertz CT molecular complexity index is 599. The third-order valence-corrected chi connectivity index (χ3v) is 3.96. The van der Waals surface area contributed by atoms with Gasteiger partial charge in [0.05, 0.1) is 5.69 Å². The van der Waals surface area contributed by atoms with Gasteiger partial charge in [-0.1, -0.05) is 0 Å². The van der Waals surface area contributed by atoms with Gasteiger partial charge in [-0.2, -0.15) is 5.10 Å². The first-order chi connectivity index (χ1) is 10.3. The molecular weight excluding hydrogens is 302 g/mol. The molecule has 1 saturated heterocycles. The monoisotopic (exact) mass is 321 g/mol. The number of nitrogens with zero attached hydrogens (tertiary/aromatic N) is 4. The summed E-state index contributed by atoms with van der Waals surface area (Å²) in [4.78, 5) is 18.4. The van der Waals surface area contributed by atoms with E-state index in [2.05, 4.69) is 10.1 Å². The molecule has 1 aromatic heterocycles. The topological polar surface area (TPSA) is 77.0 Å². The van der Waals surface area contributed by atoms with Crippen LogP contribution >= 0.6 is 12.4 Å². The molecule has 1 aliphatic heterocycles. The average Bonchev–Trinajstić information content (AvgIpc) is 3.09. The first kappa shape index (κ1) is 16.5. The first-order valence-electron chi connectivity index (χ1n) is 7.25. The molecule has 3 rings (SSSR count). The molecule has 0 spiro atoms. The number of aromatic nitrogens is 3. The zero-order valence-electron chi connectivity index (χ0n) is 12.3. The summed E-state index contributed by atoms with van der Waals surface area (Å²) < 4.78 is 1.66. The number of hydrogen-bond acceptors (Lipinski definition) is 4. The van der Waals surface area contributed by atoms with Crippen molar-refractivity contribution in [1.29, 1.82) is 0 Å². The molecule has 1 unspecified atom stereocenters. The Morgan fingerprint density at radius 1 is 1.27 bits per heavy atom. The Balaban J connectivity index is 0.00000176. The van der Waals surface area contributed by atoms with Gasteiger partial charge in [0.2, 0.25) is 0 Å². The van der Waals surface area contributed by atoms with E-state index in [4.69, 9.17) is 5.73 Å². The molecule has 1 atom stereocenters. The number of halogens is 1. The largest absolute Gasteiger partial charge is 0.334 e. The zero-order valence-corrected chi connectivity index (χ0v) is 13.1. The van der Waals surface area contributed by atoms with Crippen molar-refractivity contribution in [2.75, 3.05) is 13.1 Å². The third kappa shape index (κ3) is 3.28. The minimum absolute atomic E-state index is 0. The summed E-state index contributed by atoms with van der Waals surface area (Å²) in [6, 6.07) is 7.59. The van der Waals surface area contributed by atoms with E-state index in [0.717, 1.165) is 31.5 Å². The normalized spacial score (nSPS) is 17.9. The summed E-state index contributed by atoms with van der Waals surface area (Å²) in [5.41, 5.74) is 7.37. The SMILES string of the molecule is Cl.NCC1CCCCN1C(=O)c1ccc(-n2cncn2)cc1. The maximum atomic E-state index is 12.6. The summed E-state index contributed by atoms with van der Waals surface area (Å²) in [5, 5.41) is 4.07. The molecule has 6 nitrogen and oxygen atoms in total. The maximum Gasteiger partial charge on any atom is 0.254 e. The minimum Gasteiger partial charge on any atom is -0.334 e. The summed E-state index contributed by atoms with van der Waals surface area (Å²) in [6.07, 6.45) is 6.32. The lowest BCUT2D eigenvalue weighted by atomic mass is 10.0. The highest BCUT2D eigenvalue weighted by atomic mass is 35.5. The van der Waals surface area contributed by atoms with Crippen molar-refractivity contribution >= 4 is 18.3 Å². The Labute approximate surface area is 135 Å². The van der Waals surface area contributed by atoms with Crippen molar-refractivity contribution in [2.24, 2.45) is 5.73 Å². The fourth-order valence-electron chi connectivity index (χ4n) is 2.78. The average molecular weight is 322 g/mol. The molecule has 118 valence electrons. The van der Waals surface area contributed by atoms with Crippen LogP contribution in [-0.4, -0.2) is 44.7 Å². The predicted molar refractivity (Wildman–Crippen MR) is 86.3 cm³/mol. The van der Waals surface area contributed by atoms with Gasteiger partial charge in [0.15, 0.2) is 0 Å². The molecule has 0 bridgehead atoms. The van der Waals surface area contributed by atoms with Crippen LogP contribution in [0.1, 0.15) is 29.6 Å². The Morgan fingerprint density at radius 2 is 2.05 bits per heavy atom. The van der Waals surface area contributed by atoms with Crippen molar-refractivity contribution < 1.29 is 4.79 Å². The number of benzene rings is 1. The van der Waals surface area contributed by atoms with E-state index < -0.39 is 0 Å². The van der Waals surface area contributed by atoms with Gasteiger partial charge in [-0.05, 0) is 43.5 Å². The first-order valence-corrected chi connectivity index (χ1v) is 7.25. The van der Waals surface area contributed by atoms with Crippen LogP contribution in [0.15, 0.2) is 36.9 Å². The van der Waals surface area contributed by atoms with Gasteiger partial charge < -0.3 is 10.6 Å². The molecule has 2 aromatic rings. The minimum atomic E-state index is 0. The third-order valence-electron chi connectivity index (χ3n) is 3.96. The fourth-order valence-corrected chi connectivity index (χ4v) is 2.78. The quantitative estimate of drug-likeness (QED) is 0.932. The van der Waals surface area contributed by atoms with Gasteiger partial charge in [0.1, 0.15) is 12.7 Å². The van der Waals surface area contributed by atoms with E-state index in [0.29, 0.717) is 12.1 Å². The van der Waals surface area contributed by atoms with Crippen LogP contribution in [0.4, 0.5) is 0 Å². The molecule has 0 saturated carbocycles. The number of nitrogens with two attached hydrogens (primary N) is 1. The molecule has 2 N–H and O–H groups in total. The number of hydrogen-bond donors (Lipinski definition) is 1. The van der Waals surface area contributed by atoms with Crippen molar-refractivity contribution in [3.8, 4) is 5.69 Å². The molecular formula is C15H20ClN5O. The lowest BCUT2D eigenvalue weighted by Crippen LogP contribution is -2.47. The van der Waals surface area contributed by atoms with E-state index in [1.165, 1.54) is 6.33 Å². The number of piperidine rings is 1. The van der Waals surface area contributed by atoms with Crippen molar-refractivity contribution in [1.82, 2.24) is 19.7 Å². The molecule has 22 heavy (non-hydrogen) atoms. The Morgan fingerprint density at radius 3 is 2.68 bits per heavy atom. The van der Waals surface area contributed by atoms with Crippen LogP contribution in [0.3, 0.4) is 0 Å². The molecule has 0 aliphatic carbocycles. The van der Waals surface area contributed by atoms with Crippen LogP contribution in [0.5, 0.6) is 0 Å². The summed E-state index contributed by atoms with van der Waals surface area (Å²) in [5.74, 6) is 0.0651. The van der Waals surface area contributed by atoms with Crippen LogP contribution in [0, 0.1) is 0 Å². The summed E-state index contributed by atoms with van der Waals surface area (Å²) in [6.45, 7) is 1.33. The van der Waals surface area contributed by atoms with Crippen molar-refractivity contribution in [3.05, 3.63) is 42.5 Å². The second kappa shape index (κ2) is 7.38. The van der Waals surface area contributed by atoms with Gasteiger partial charge in [-0.3, -0.25) is 4.79 Å². The Kier molecular flexibility index (Phi) is 5.51. The lowest BCUT2D eigenvalue weighted by molar-refractivity contribution is 0.0623. The number of likely N-dealkylation sites (tertiary alicyclic amines) is 1. The molecule has 1 aliphatic rings. The smallest absolute Gasteiger partial charge is 0.254 e. The van der Waals surface area contributed by atoms with Gasteiger partial charge in [-0.25, -0.2) is 9.67 Å². The number of amides is 1. The van der Waals surface area contributed by atoms with Crippen LogP contribution in [0.2, 0.25) is 0 Å². The van der Waals surface area contributed by atoms with E-state index in [1.807, 2.05) is 29.2 Å². The van der Waals surface area contributed by atoms with E-state index in [1.54, 1.807) is 11.0 Å². The fraction of sp³-hybridized carbons (Fsp3) is 0.400. The van der Waals surface area contributed by atoms with Crippen LogP contribution < -0.4 is 5.73 Å². The maximum absolute atomic E-state index is 12.6. The molecule has 1 aromatic carbocycles. The van der Waals surface area contributed by atoms with Crippen LogP contribution in [-0.2, 0) is 0 Å². The predicted octanol–water partition coefficient (Wildman–Crippen LogP) is 1.64. The van der Waals surface area contributed by atoms with Gasteiger partial charge in [-0.15, -0.1) is 12.4 Å². The number of rotatable bonds is 3. The van der Waals surface area contributed by atoms with Gasteiger partial charge in [0, 0.05) is 24.7 Å². The standard InChI is InChI=1S/C15H19N5O.ClH/c16-9-14-3-1-2-8-19(14)15(21)12-4-6-13(7-5-12)20-11-17-10-18-20;/h4-7,10-11,14H,1-3,8-9,16H2;1H. The number of carbonyl (C=O) groups excluding carboxylic acids is 1. The zero-order chi connectivity index (χ0) is 14.7. The highest BCUT2D eigenvalue weighted by Crippen LogP contribution is 2.19. The van der Waals surface area contributed by atoms with Gasteiger partial charge >= 0.3 is 0 Å². The second-order valence-electron chi connectivity index (χ2n) is 5.27. The Hall–Kier alpha value is -1.92. The molecule has 1 fully saturated rings.